The topological polar surface area (TPSA) is 52.7 Å². The van der Waals surface area contributed by atoms with Crippen LogP contribution in [0.15, 0.2) is 33.6 Å². The summed E-state index contributed by atoms with van der Waals surface area (Å²) in [7, 11) is 4.02. The zero-order valence-electron chi connectivity index (χ0n) is 14.7. The zero-order chi connectivity index (χ0) is 17.3. The fourth-order valence-electron chi connectivity index (χ4n) is 3.13. The van der Waals surface area contributed by atoms with Crippen LogP contribution in [-0.2, 0) is 6.54 Å². The van der Waals surface area contributed by atoms with Crippen molar-refractivity contribution in [1.82, 2.24) is 14.8 Å². The third-order valence-corrected chi connectivity index (χ3v) is 5.34. The summed E-state index contributed by atoms with van der Waals surface area (Å²) in [5, 5.41) is 10.2. The Morgan fingerprint density at radius 1 is 1.29 bits per heavy atom. The first-order valence-corrected chi connectivity index (χ1v) is 9.38. The van der Waals surface area contributed by atoms with Crippen LogP contribution in [0, 0.1) is 6.92 Å². The second kappa shape index (κ2) is 7.27. The van der Waals surface area contributed by atoms with Crippen molar-refractivity contribution < 1.29 is 9.52 Å². The van der Waals surface area contributed by atoms with Gasteiger partial charge in [-0.15, -0.1) is 11.8 Å². The minimum Gasteiger partial charge on any atom is -0.441 e. The van der Waals surface area contributed by atoms with Crippen molar-refractivity contribution >= 4 is 11.8 Å². The first kappa shape index (κ1) is 17.5. The van der Waals surface area contributed by atoms with Gasteiger partial charge < -0.3 is 14.4 Å². The highest BCUT2D eigenvalue weighted by Gasteiger charge is 2.33. The number of likely N-dealkylation sites (tertiary alicyclic amines) is 1. The first-order valence-electron chi connectivity index (χ1n) is 8.15. The highest BCUT2D eigenvalue weighted by Crippen LogP contribution is 2.26. The highest BCUT2D eigenvalue weighted by molar-refractivity contribution is 7.98. The Morgan fingerprint density at radius 3 is 2.58 bits per heavy atom. The highest BCUT2D eigenvalue weighted by atomic mass is 32.2. The predicted molar refractivity (Wildman–Crippen MR) is 97.2 cm³/mol. The summed E-state index contributed by atoms with van der Waals surface area (Å²) in [4.78, 5) is 10.2. The van der Waals surface area contributed by atoms with Gasteiger partial charge in [0.05, 0.1) is 11.8 Å². The number of benzene rings is 1. The quantitative estimate of drug-likeness (QED) is 0.839. The number of likely N-dealkylation sites (N-methyl/N-ethyl adjacent to an activating group) is 1. The molecule has 1 aromatic heterocycles. The minimum absolute atomic E-state index is 0.177. The Hall–Kier alpha value is -1.34. The van der Waals surface area contributed by atoms with E-state index in [1.54, 1.807) is 11.8 Å². The standard InChI is InChI=1S/C18H25N3O2S/c1-12-15(9-21-10-16(20(2)3)17(22)11-21)19-18(23-12)13-5-7-14(24-4)8-6-13/h5-8,16-17,22H,9-11H2,1-4H3/t16-,17-/m0/s1. The number of hydrogen-bond donors (Lipinski definition) is 1. The number of hydrogen-bond acceptors (Lipinski definition) is 6. The van der Waals surface area contributed by atoms with E-state index in [1.165, 1.54) is 4.90 Å². The van der Waals surface area contributed by atoms with Crippen molar-refractivity contribution in [3.05, 3.63) is 35.7 Å². The first-order chi connectivity index (χ1) is 11.5. The van der Waals surface area contributed by atoms with E-state index in [0.29, 0.717) is 19.0 Å². The van der Waals surface area contributed by atoms with Gasteiger partial charge in [0, 0.05) is 36.1 Å². The molecule has 2 heterocycles. The van der Waals surface area contributed by atoms with E-state index in [0.717, 1.165) is 23.6 Å². The maximum atomic E-state index is 10.2. The SMILES string of the molecule is CSc1ccc(-c2nc(CN3C[C@H](O)[C@@H](N(C)C)C3)c(C)o2)cc1. The lowest BCUT2D eigenvalue weighted by molar-refractivity contribution is 0.112. The van der Waals surface area contributed by atoms with Gasteiger partial charge in [-0.3, -0.25) is 4.90 Å². The summed E-state index contributed by atoms with van der Waals surface area (Å²) in [5.74, 6) is 1.51. The van der Waals surface area contributed by atoms with Gasteiger partial charge in [-0.1, -0.05) is 0 Å². The van der Waals surface area contributed by atoms with Gasteiger partial charge in [-0.25, -0.2) is 4.98 Å². The Balaban J connectivity index is 1.72. The molecular formula is C18H25N3O2S. The van der Waals surface area contributed by atoms with E-state index in [-0.39, 0.29) is 12.1 Å². The molecule has 0 bridgehead atoms. The Bertz CT molecular complexity index is 684. The zero-order valence-corrected chi connectivity index (χ0v) is 15.5. The van der Waals surface area contributed by atoms with E-state index in [9.17, 15) is 5.11 Å². The molecular weight excluding hydrogens is 322 g/mol. The molecule has 1 N–H and O–H groups in total. The van der Waals surface area contributed by atoms with Crippen LogP contribution < -0.4 is 0 Å². The number of thioether (sulfide) groups is 1. The number of aryl methyl sites for hydroxylation is 1. The number of nitrogens with zero attached hydrogens (tertiary/aromatic N) is 3. The van der Waals surface area contributed by atoms with Crippen LogP contribution in [0.5, 0.6) is 0 Å². The fourth-order valence-corrected chi connectivity index (χ4v) is 3.54. The van der Waals surface area contributed by atoms with Crippen LogP contribution in [0.1, 0.15) is 11.5 Å². The molecule has 5 nitrogen and oxygen atoms in total. The summed E-state index contributed by atoms with van der Waals surface area (Å²) >= 11 is 1.72. The molecule has 1 aliphatic rings. The Kier molecular flexibility index (Phi) is 5.30. The number of β-amino-alcohol motifs (C(OH)–C–C–N with tert-alkyl or cyclic N) is 1. The number of rotatable bonds is 5. The van der Waals surface area contributed by atoms with E-state index in [4.69, 9.17) is 4.42 Å². The molecule has 0 saturated carbocycles. The van der Waals surface area contributed by atoms with Crippen LogP contribution in [0.2, 0.25) is 0 Å². The van der Waals surface area contributed by atoms with Gasteiger partial charge >= 0.3 is 0 Å². The number of aromatic nitrogens is 1. The minimum atomic E-state index is -0.314. The van der Waals surface area contributed by atoms with E-state index in [2.05, 4.69) is 33.2 Å². The van der Waals surface area contributed by atoms with Gasteiger partial charge in [-0.05, 0) is 51.5 Å². The molecule has 0 radical (unpaired) electrons. The third-order valence-electron chi connectivity index (χ3n) is 4.60. The molecule has 2 aromatic rings. The molecule has 130 valence electrons. The summed E-state index contributed by atoms with van der Waals surface area (Å²) < 4.78 is 5.87. The molecule has 0 spiro atoms. The summed E-state index contributed by atoms with van der Waals surface area (Å²) in [5.41, 5.74) is 1.94. The molecule has 1 aliphatic heterocycles. The van der Waals surface area contributed by atoms with Gasteiger partial charge in [-0.2, -0.15) is 0 Å². The smallest absolute Gasteiger partial charge is 0.226 e. The second-order valence-corrected chi connectivity index (χ2v) is 7.42. The van der Waals surface area contributed by atoms with Crippen molar-refractivity contribution in [2.24, 2.45) is 0 Å². The van der Waals surface area contributed by atoms with Crippen LogP contribution in [0.4, 0.5) is 0 Å². The van der Waals surface area contributed by atoms with Gasteiger partial charge in [0.15, 0.2) is 0 Å². The van der Waals surface area contributed by atoms with Crippen LogP contribution >= 0.6 is 11.8 Å². The Morgan fingerprint density at radius 2 is 2.00 bits per heavy atom. The maximum Gasteiger partial charge on any atom is 0.226 e. The van der Waals surface area contributed by atoms with Crippen molar-refractivity contribution in [3.63, 3.8) is 0 Å². The van der Waals surface area contributed by atoms with Crippen molar-refractivity contribution in [2.75, 3.05) is 33.4 Å². The normalized spacial score (nSPS) is 21.8. The third kappa shape index (κ3) is 3.67. The van der Waals surface area contributed by atoms with Gasteiger partial charge in [0.1, 0.15) is 5.76 Å². The average Bonchev–Trinajstić information content (AvgIpc) is 3.11. The molecule has 0 unspecified atom stereocenters. The molecule has 2 atom stereocenters. The van der Waals surface area contributed by atoms with E-state index in [1.807, 2.05) is 33.2 Å². The van der Waals surface area contributed by atoms with Crippen molar-refractivity contribution in [1.29, 1.82) is 0 Å². The van der Waals surface area contributed by atoms with Crippen LogP contribution in [0.3, 0.4) is 0 Å². The molecule has 0 aliphatic carbocycles. The van der Waals surface area contributed by atoms with Crippen LogP contribution in [-0.4, -0.2) is 65.5 Å². The lowest BCUT2D eigenvalue weighted by atomic mass is 10.2. The molecule has 6 heteroatoms. The van der Waals surface area contributed by atoms with E-state index < -0.39 is 0 Å². The predicted octanol–water partition coefficient (Wildman–Crippen LogP) is 2.48. The molecule has 1 saturated heterocycles. The molecule has 24 heavy (non-hydrogen) atoms. The molecule has 1 aromatic carbocycles. The average molecular weight is 347 g/mol. The summed E-state index contributed by atoms with van der Waals surface area (Å²) in [6.45, 7) is 4.18. The van der Waals surface area contributed by atoms with Gasteiger partial charge in [0.2, 0.25) is 5.89 Å². The summed E-state index contributed by atoms with van der Waals surface area (Å²) in [6.07, 6.45) is 1.75. The van der Waals surface area contributed by atoms with Crippen molar-refractivity contribution in [2.45, 2.75) is 30.5 Å². The molecule has 0 amide bonds. The number of oxazole rings is 1. The maximum absolute atomic E-state index is 10.2. The Labute approximate surface area is 147 Å². The molecule has 3 rings (SSSR count). The van der Waals surface area contributed by atoms with Gasteiger partial charge in [0.25, 0.3) is 0 Å². The summed E-state index contributed by atoms with van der Waals surface area (Å²) in [6, 6.07) is 8.43. The van der Waals surface area contributed by atoms with E-state index >= 15 is 0 Å². The molecule has 1 fully saturated rings. The van der Waals surface area contributed by atoms with Crippen molar-refractivity contribution in [3.8, 4) is 11.5 Å². The second-order valence-electron chi connectivity index (χ2n) is 6.54. The number of aliphatic hydroxyl groups is 1. The lowest BCUT2D eigenvalue weighted by Gasteiger charge is -2.21. The largest absolute Gasteiger partial charge is 0.441 e. The van der Waals surface area contributed by atoms with Crippen LogP contribution in [0.25, 0.3) is 11.5 Å². The fraction of sp³-hybridized carbons (Fsp3) is 0.500. The monoisotopic (exact) mass is 347 g/mol. The number of aliphatic hydroxyl groups excluding tert-OH is 1. The lowest BCUT2D eigenvalue weighted by Crippen LogP contribution is -2.37.